The SMILES string of the molecule is Cc1ccccc1-c1ncc(CN2CCOC(CCc3ccccc3)C2)cn1. The molecular formula is C24H27N3O. The summed E-state index contributed by atoms with van der Waals surface area (Å²) in [4.78, 5) is 11.7. The van der Waals surface area contributed by atoms with Gasteiger partial charge in [0.05, 0.1) is 12.7 Å². The predicted octanol–water partition coefficient (Wildman–Crippen LogP) is 4.29. The molecule has 1 aromatic heterocycles. The Morgan fingerprint density at radius 1 is 0.964 bits per heavy atom. The second-order valence-electron chi connectivity index (χ2n) is 7.48. The summed E-state index contributed by atoms with van der Waals surface area (Å²) >= 11 is 0. The Balaban J connectivity index is 1.33. The molecule has 1 atom stereocenters. The normalized spacial score (nSPS) is 17.5. The van der Waals surface area contributed by atoms with Crippen LogP contribution >= 0.6 is 0 Å². The Morgan fingerprint density at radius 2 is 1.71 bits per heavy atom. The summed E-state index contributed by atoms with van der Waals surface area (Å²) in [6, 6.07) is 18.9. The van der Waals surface area contributed by atoms with E-state index in [0.717, 1.165) is 56.0 Å². The first-order valence-electron chi connectivity index (χ1n) is 10.0. The molecule has 4 rings (SSSR count). The molecule has 4 heteroatoms. The van der Waals surface area contributed by atoms with E-state index in [1.807, 2.05) is 24.5 Å². The molecule has 144 valence electrons. The van der Waals surface area contributed by atoms with Crippen molar-refractivity contribution in [1.82, 2.24) is 14.9 Å². The maximum Gasteiger partial charge on any atom is 0.159 e. The van der Waals surface area contributed by atoms with Gasteiger partial charge in [-0.1, -0.05) is 54.6 Å². The molecule has 3 aromatic rings. The smallest absolute Gasteiger partial charge is 0.159 e. The minimum Gasteiger partial charge on any atom is -0.376 e. The number of ether oxygens (including phenoxy) is 1. The minimum atomic E-state index is 0.293. The first kappa shape index (κ1) is 18.8. The third-order valence-electron chi connectivity index (χ3n) is 5.32. The fourth-order valence-corrected chi connectivity index (χ4v) is 3.73. The van der Waals surface area contributed by atoms with Crippen LogP contribution in [0.25, 0.3) is 11.4 Å². The highest BCUT2D eigenvalue weighted by molar-refractivity contribution is 5.59. The zero-order chi connectivity index (χ0) is 19.2. The number of nitrogens with zero attached hydrogens (tertiary/aromatic N) is 3. The second-order valence-corrected chi connectivity index (χ2v) is 7.48. The molecule has 1 aliphatic rings. The molecule has 1 saturated heterocycles. The molecule has 4 nitrogen and oxygen atoms in total. The van der Waals surface area contributed by atoms with Gasteiger partial charge in [-0.15, -0.1) is 0 Å². The summed E-state index contributed by atoms with van der Waals surface area (Å²) in [5.74, 6) is 0.796. The van der Waals surface area contributed by atoms with Crippen molar-refractivity contribution in [1.29, 1.82) is 0 Å². The van der Waals surface area contributed by atoms with Crippen molar-refractivity contribution in [3.63, 3.8) is 0 Å². The molecule has 0 radical (unpaired) electrons. The maximum atomic E-state index is 5.98. The van der Waals surface area contributed by atoms with Crippen LogP contribution < -0.4 is 0 Å². The predicted molar refractivity (Wildman–Crippen MR) is 112 cm³/mol. The van der Waals surface area contributed by atoms with E-state index in [2.05, 4.69) is 64.3 Å². The zero-order valence-electron chi connectivity index (χ0n) is 16.4. The quantitative estimate of drug-likeness (QED) is 0.646. The molecule has 1 fully saturated rings. The number of aryl methyl sites for hydroxylation is 2. The van der Waals surface area contributed by atoms with Gasteiger partial charge in [0.25, 0.3) is 0 Å². The van der Waals surface area contributed by atoms with Crippen LogP contribution in [0.1, 0.15) is 23.1 Å². The molecule has 1 aliphatic heterocycles. The van der Waals surface area contributed by atoms with Crippen LogP contribution in [0.3, 0.4) is 0 Å². The van der Waals surface area contributed by atoms with Gasteiger partial charge in [0.1, 0.15) is 0 Å². The van der Waals surface area contributed by atoms with Gasteiger partial charge in [-0.2, -0.15) is 0 Å². The van der Waals surface area contributed by atoms with Crippen molar-refractivity contribution in [2.45, 2.75) is 32.4 Å². The monoisotopic (exact) mass is 373 g/mol. The van der Waals surface area contributed by atoms with Gasteiger partial charge in [0.2, 0.25) is 0 Å². The Morgan fingerprint density at radius 3 is 2.50 bits per heavy atom. The van der Waals surface area contributed by atoms with E-state index < -0.39 is 0 Å². The lowest BCUT2D eigenvalue weighted by molar-refractivity contribution is -0.0346. The van der Waals surface area contributed by atoms with Crippen LogP contribution in [-0.4, -0.2) is 40.7 Å². The molecule has 28 heavy (non-hydrogen) atoms. The fourth-order valence-electron chi connectivity index (χ4n) is 3.73. The Labute approximate surface area is 167 Å². The molecule has 0 saturated carbocycles. The van der Waals surface area contributed by atoms with Crippen molar-refractivity contribution in [3.8, 4) is 11.4 Å². The first-order chi connectivity index (χ1) is 13.8. The van der Waals surface area contributed by atoms with Gasteiger partial charge in [0, 0.05) is 43.2 Å². The van der Waals surface area contributed by atoms with E-state index in [1.54, 1.807) is 0 Å². The standard InChI is InChI=1S/C24H27N3O/c1-19-7-5-6-10-23(19)24-25-15-21(16-26-24)17-27-13-14-28-22(18-27)12-11-20-8-3-2-4-9-20/h2-10,15-16,22H,11-14,17-18H2,1H3. The van der Waals surface area contributed by atoms with Crippen molar-refractivity contribution in [2.75, 3.05) is 19.7 Å². The summed E-state index contributed by atoms with van der Waals surface area (Å²) < 4.78 is 5.98. The number of aromatic nitrogens is 2. The minimum absolute atomic E-state index is 0.293. The van der Waals surface area contributed by atoms with Crippen molar-refractivity contribution < 1.29 is 4.74 Å². The summed E-state index contributed by atoms with van der Waals surface area (Å²) in [5, 5.41) is 0. The number of hydrogen-bond acceptors (Lipinski definition) is 4. The van der Waals surface area contributed by atoms with E-state index in [1.165, 1.54) is 11.1 Å². The van der Waals surface area contributed by atoms with Crippen molar-refractivity contribution in [3.05, 3.63) is 83.7 Å². The third kappa shape index (κ3) is 4.83. The van der Waals surface area contributed by atoms with E-state index in [-0.39, 0.29) is 0 Å². The summed E-state index contributed by atoms with van der Waals surface area (Å²) in [5.41, 5.74) is 4.83. The summed E-state index contributed by atoms with van der Waals surface area (Å²) in [7, 11) is 0. The van der Waals surface area contributed by atoms with E-state index in [9.17, 15) is 0 Å². The molecule has 0 spiro atoms. The summed E-state index contributed by atoms with van der Waals surface area (Å²) in [6.07, 6.45) is 6.34. The third-order valence-corrected chi connectivity index (χ3v) is 5.32. The van der Waals surface area contributed by atoms with Crippen LogP contribution in [0.2, 0.25) is 0 Å². The van der Waals surface area contributed by atoms with Crippen LogP contribution in [0, 0.1) is 6.92 Å². The highest BCUT2D eigenvalue weighted by atomic mass is 16.5. The Bertz CT molecular complexity index is 880. The lowest BCUT2D eigenvalue weighted by Gasteiger charge is -2.33. The summed E-state index contributed by atoms with van der Waals surface area (Å²) in [6.45, 7) is 5.69. The molecule has 1 unspecified atom stereocenters. The van der Waals surface area contributed by atoms with Gasteiger partial charge >= 0.3 is 0 Å². The average Bonchev–Trinajstić information content (AvgIpc) is 2.74. The topological polar surface area (TPSA) is 38.2 Å². The number of morpholine rings is 1. The molecule has 0 amide bonds. The molecule has 0 N–H and O–H groups in total. The van der Waals surface area contributed by atoms with Crippen molar-refractivity contribution >= 4 is 0 Å². The highest BCUT2D eigenvalue weighted by Crippen LogP contribution is 2.19. The molecule has 2 aromatic carbocycles. The number of rotatable bonds is 6. The van der Waals surface area contributed by atoms with E-state index in [0.29, 0.717) is 6.10 Å². The Hall–Kier alpha value is -2.56. The van der Waals surface area contributed by atoms with Gasteiger partial charge in [-0.25, -0.2) is 9.97 Å². The fraction of sp³-hybridized carbons (Fsp3) is 0.333. The lowest BCUT2D eigenvalue weighted by Crippen LogP contribution is -2.42. The average molecular weight is 374 g/mol. The van der Waals surface area contributed by atoms with E-state index >= 15 is 0 Å². The Kier molecular flexibility index (Phi) is 6.10. The zero-order valence-corrected chi connectivity index (χ0v) is 16.4. The molecule has 0 bridgehead atoms. The maximum absolute atomic E-state index is 5.98. The second kappa shape index (κ2) is 9.09. The number of hydrogen-bond donors (Lipinski definition) is 0. The van der Waals surface area contributed by atoms with Gasteiger partial charge in [-0.3, -0.25) is 4.90 Å². The van der Waals surface area contributed by atoms with Crippen LogP contribution in [-0.2, 0) is 17.7 Å². The van der Waals surface area contributed by atoms with Gasteiger partial charge in [-0.05, 0) is 30.9 Å². The largest absolute Gasteiger partial charge is 0.376 e. The van der Waals surface area contributed by atoms with Crippen LogP contribution in [0.4, 0.5) is 0 Å². The van der Waals surface area contributed by atoms with Crippen molar-refractivity contribution in [2.24, 2.45) is 0 Å². The number of benzene rings is 2. The highest BCUT2D eigenvalue weighted by Gasteiger charge is 2.20. The molecule has 0 aliphatic carbocycles. The molecule has 2 heterocycles. The van der Waals surface area contributed by atoms with Crippen LogP contribution in [0.5, 0.6) is 0 Å². The first-order valence-corrected chi connectivity index (χ1v) is 10.0. The lowest BCUT2D eigenvalue weighted by atomic mass is 10.1. The van der Waals surface area contributed by atoms with Crippen LogP contribution in [0.15, 0.2) is 67.0 Å². The molecular weight excluding hydrogens is 346 g/mol. The van der Waals surface area contributed by atoms with Gasteiger partial charge < -0.3 is 4.74 Å². The van der Waals surface area contributed by atoms with Gasteiger partial charge in [0.15, 0.2) is 5.82 Å². The van der Waals surface area contributed by atoms with E-state index in [4.69, 9.17) is 4.74 Å².